The number of hydrogen-bond acceptors (Lipinski definition) is 3. The van der Waals surface area contributed by atoms with E-state index < -0.39 is 0 Å². The molecule has 30 heavy (non-hydrogen) atoms. The number of thioether (sulfide) groups is 1. The quantitative estimate of drug-likeness (QED) is 0.374. The Hall–Kier alpha value is -2.18. The average molecular weight is 480 g/mol. The van der Waals surface area contributed by atoms with Crippen LogP contribution < -0.4 is 10.6 Å². The zero-order valence-electron chi connectivity index (χ0n) is 15.8. The molecule has 0 aliphatic heterocycles. The van der Waals surface area contributed by atoms with E-state index in [-0.39, 0.29) is 22.1 Å². The predicted molar refractivity (Wildman–Crippen MR) is 126 cm³/mol. The third-order valence-corrected chi connectivity index (χ3v) is 6.05. The Balaban J connectivity index is 1.65. The SMILES string of the molecule is CC(Sc1cccc(NC(=O)c2ccc(Cl)cc2Cl)c1)C(=O)Nc1ccccc1Cl. The highest BCUT2D eigenvalue weighted by atomic mass is 35.5. The molecule has 154 valence electrons. The molecular formula is C22H17Cl3N2O2S. The summed E-state index contributed by atoms with van der Waals surface area (Å²) in [5.74, 6) is -0.515. The van der Waals surface area contributed by atoms with Crippen molar-refractivity contribution in [2.24, 2.45) is 0 Å². The zero-order chi connectivity index (χ0) is 21.7. The summed E-state index contributed by atoms with van der Waals surface area (Å²) in [5.41, 5.74) is 1.49. The van der Waals surface area contributed by atoms with Crippen molar-refractivity contribution in [1.82, 2.24) is 0 Å². The highest BCUT2D eigenvalue weighted by Gasteiger charge is 2.16. The van der Waals surface area contributed by atoms with Gasteiger partial charge in [0.15, 0.2) is 0 Å². The van der Waals surface area contributed by atoms with E-state index in [1.807, 2.05) is 6.07 Å². The smallest absolute Gasteiger partial charge is 0.257 e. The maximum Gasteiger partial charge on any atom is 0.257 e. The molecule has 0 saturated carbocycles. The molecule has 0 aliphatic carbocycles. The fourth-order valence-corrected chi connectivity index (χ4v) is 4.18. The largest absolute Gasteiger partial charge is 0.324 e. The van der Waals surface area contributed by atoms with E-state index in [1.165, 1.54) is 17.8 Å². The molecule has 2 amide bonds. The standard InChI is InChI=1S/C22H17Cl3N2O2S/c1-13(21(28)27-20-8-3-2-7-18(20)24)30-16-6-4-5-15(12-16)26-22(29)17-10-9-14(23)11-19(17)25/h2-13H,1H3,(H,26,29)(H,27,28). The summed E-state index contributed by atoms with van der Waals surface area (Å²) >= 11 is 19.4. The van der Waals surface area contributed by atoms with Gasteiger partial charge < -0.3 is 10.6 Å². The molecule has 3 rings (SSSR count). The second-order valence-corrected chi connectivity index (χ2v) is 9.00. The van der Waals surface area contributed by atoms with Gasteiger partial charge >= 0.3 is 0 Å². The molecular weight excluding hydrogens is 463 g/mol. The fraction of sp³-hybridized carbons (Fsp3) is 0.0909. The van der Waals surface area contributed by atoms with Gasteiger partial charge in [0.25, 0.3) is 5.91 Å². The third kappa shape index (κ3) is 5.92. The van der Waals surface area contributed by atoms with Gasteiger partial charge in [-0.3, -0.25) is 9.59 Å². The van der Waals surface area contributed by atoms with E-state index in [9.17, 15) is 9.59 Å². The summed E-state index contributed by atoms with van der Waals surface area (Å²) in [7, 11) is 0. The fourth-order valence-electron chi connectivity index (χ4n) is 2.57. The molecule has 8 heteroatoms. The number of amides is 2. The van der Waals surface area contributed by atoms with E-state index in [1.54, 1.807) is 61.5 Å². The van der Waals surface area contributed by atoms with Gasteiger partial charge in [-0.25, -0.2) is 0 Å². The molecule has 4 nitrogen and oxygen atoms in total. The van der Waals surface area contributed by atoms with Crippen LogP contribution in [-0.2, 0) is 4.79 Å². The molecule has 1 atom stereocenters. The molecule has 0 saturated heterocycles. The molecule has 0 aliphatic rings. The van der Waals surface area contributed by atoms with Crippen molar-refractivity contribution in [1.29, 1.82) is 0 Å². The minimum Gasteiger partial charge on any atom is -0.324 e. The van der Waals surface area contributed by atoms with Crippen LogP contribution in [-0.4, -0.2) is 17.1 Å². The Labute approximate surface area is 193 Å². The first-order chi connectivity index (χ1) is 14.3. The van der Waals surface area contributed by atoms with E-state index in [2.05, 4.69) is 10.6 Å². The van der Waals surface area contributed by atoms with E-state index in [4.69, 9.17) is 34.8 Å². The van der Waals surface area contributed by atoms with Gasteiger partial charge in [0.05, 0.1) is 26.5 Å². The molecule has 0 fully saturated rings. The van der Waals surface area contributed by atoms with Crippen LogP contribution in [0.15, 0.2) is 71.6 Å². The monoisotopic (exact) mass is 478 g/mol. The Kier molecular flexibility index (Phi) is 7.67. The number of para-hydroxylation sites is 1. The number of carbonyl (C=O) groups excluding carboxylic acids is 2. The van der Waals surface area contributed by atoms with E-state index >= 15 is 0 Å². The summed E-state index contributed by atoms with van der Waals surface area (Å²) < 4.78 is 0. The Morgan fingerprint density at radius 3 is 2.37 bits per heavy atom. The first kappa shape index (κ1) is 22.5. The van der Waals surface area contributed by atoms with Crippen LogP contribution >= 0.6 is 46.6 Å². The number of carbonyl (C=O) groups is 2. The lowest BCUT2D eigenvalue weighted by molar-refractivity contribution is -0.115. The molecule has 2 N–H and O–H groups in total. The molecule has 3 aromatic carbocycles. The second-order valence-electron chi connectivity index (χ2n) is 6.34. The number of halogens is 3. The van der Waals surface area contributed by atoms with Crippen molar-refractivity contribution in [3.05, 3.63) is 87.4 Å². The summed E-state index contributed by atoms with van der Waals surface area (Å²) in [6, 6.07) is 19.0. The zero-order valence-corrected chi connectivity index (χ0v) is 18.9. The number of benzene rings is 3. The number of anilines is 2. The minimum absolute atomic E-state index is 0.171. The summed E-state index contributed by atoms with van der Waals surface area (Å²) in [5, 5.41) is 6.47. The van der Waals surface area contributed by atoms with Gasteiger partial charge in [0.1, 0.15) is 0 Å². The van der Waals surface area contributed by atoms with Crippen LogP contribution in [0.3, 0.4) is 0 Å². The topological polar surface area (TPSA) is 58.2 Å². The lowest BCUT2D eigenvalue weighted by Gasteiger charge is -2.14. The number of nitrogens with one attached hydrogen (secondary N) is 2. The molecule has 0 aromatic heterocycles. The van der Waals surface area contributed by atoms with Gasteiger partial charge in [0, 0.05) is 15.6 Å². The predicted octanol–water partition coefficient (Wildman–Crippen LogP) is 7.02. The minimum atomic E-state index is -0.377. The molecule has 0 bridgehead atoms. The van der Waals surface area contributed by atoms with Crippen molar-refractivity contribution in [2.75, 3.05) is 10.6 Å². The van der Waals surface area contributed by atoms with E-state index in [0.717, 1.165) is 4.90 Å². The molecule has 0 spiro atoms. The van der Waals surface area contributed by atoms with Gasteiger partial charge in [0.2, 0.25) is 5.91 Å². The lowest BCUT2D eigenvalue weighted by atomic mass is 10.2. The number of rotatable bonds is 6. The molecule has 1 unspecified atom stereocenters. The Morgan fingerprint density at radius 2 is 1.63 bits per heavy atom. The average Bonchev–Trinajstić information content (AvgIpc) is 2.69. The van der Waals surface area contributed by atoms with Crippen molar-refractivity contribution in [3.63, 3.8) is 0 Å². The maximum absolute atomic E-state index is 12.5. The third-order valence-electron chi connectivity index (χ3n) is 4.08. The maximum atomic E-state index is 12.5. The van der Waals surface area contributed by atoms with Crippen molar-refractivity contribution in [2.45, 2.75) is 17.1 Å². The van der Waals surface area contributed by atoms with Crippen LogP contribution in [0.4, 0.5) is 11.4 Å². The first-order valence-corrected chi connectivity index (χ1v) is 10.9. The van der Waals surface area contributed by atoms with Crippen molar-refractivity contribution >= 4 is 69.8 Å². The summed E-state index contributed by atoms with van der Waals surface area (Å²) in [6.07, 6.45) is 0. The Morgan fingerprint density at radius 1 is 0.867 bits per heavy atom. The normalized spacial score (nSPS) is 11.6. The van der Waals surface area contributed by atoms with Gasteiger partial charge in [-0.1, -0.05) is 53.0 Å². The molecule has 0 heterocycles. The van der Waals surface area contributed by atoms with E-state index in [0.29, 0.717) is 27.0 Å². The van der Waals surface area contributed by atoms with Crippen LogP contribution in [0, 0.1) is 0 Å². The first-order valence-electron chi connectivity index (χ1n) is 8.92. The van der Waals surface area contributed by atoms with Gasteiger partial charge in [-0.05, 0) is 55.5 Å². The summed E-state index contributed by atoms with van der Waals surface area (Å²) in [4.78, 5) is 25.8. The highest BCUT2D eigenvalue weighted by molar-refractivity contribution is 8.00. The molecule has 3 aromatic rings. The van der Waals surface area contributed by atoms with Gasteiger partial charge in [-0.2, -0.15) is 0 Å². The van der Waals surface area contributed by atoms with Crippen molar-refractivity contribution in [3.8, 4) is 0 Å². The van der Waals surface area contributed by atoms with Crippen molar-refractivity contribution < 1.29 is 9.59 Å². The Bertz CT molecular complexity index is 1090. The molecule has 0 radical (unpaired) electrons. The van der Waals surface area contributed by atoms with Crippen LogP contribution in [0.5, 0.6) is 0 Å². The highest BCUT2D eigenvalue weighted by Crippen LogP contribution is 2.28. The van der Waals surface area contributed by atoms with Crippen LogP contribution in [0.25, 0.3) is 0 Å². The second kappa shape index (κ2) is 10.2. The van der Waals surface area contributed by atoms with Crippen LogP contribution in [0.2, 0.25) is 15.1 Å². The van der Waals surface area contributed by atoms with Gasteiger partial charge in [-0.15, -0.1) is 11.8 Å². The lowest BCUT2D eigenvalue weighted by Crippen LogP contribution is -2.22. The number of hydrogen-bond donors (Lipinski definition) is 2. The van der Waals surface area contributed by atoms with Crippen LogP contribution in [0.1, 0.15) is 17.3 Å². The summed E-state index contributed by atoms with van der Waals surface area (Å²) in [6.45, 7) is 1.80.